The molecule has 0 radical (unpaired) electrons. The van der Waals surface area contributed by atoms with Crippen molar-refractivity contribution in [3.8, 4) is 6.07 Å². The summed E-state index contributed by atoms with van der Waals surface area (Å²) in [5.74, 6) is 0. The second kappa shape index (κ2) is 15.5. The predicted octanol–water partition coefficient (Wildman–Crippen LogP) is 8.39. The van der Waals surface area contributed by atoms with Crippen LogP contribution in [0.1, 0.15) is 102 Å². The van der Waals surface area contributed by atoms with Gasteiger partial charge in [0, 0.05) is 25.0 Å². The number of aromatic nitrogens is 2. The zero-order valence-corrected chi connectivity index (χ0v) is 21.3. The van der Waals surface area contributed by atoms with Gasteiger partial charge in [0.05, 0.1) is 22.0 Å². The summed E-state index contributed by atoms with van der Waals surface area (Å²) in [4.78, 5) is 15.4. The maximum Gasteiger partial charge on any atom is 0.274 e. The number of nitriles is 1. The molecule has 0 N–H and O–H groups in total. The molecule has 0 bridgehead atoms. The number of nitro groups is 1. The van der Waals surface area contributed by atoms with Crippen molar-refractivity contribution in [3.63, 3.8) is 0 Å². The van der Waals surface area contributed by atoms with E-state index in [-0.39, 0.29) is 10.6 Å². The number of hydrogen-bond acceptors (Lipinski definition) is 4. The Morgan fingerprint density at radius 3 is 2.15 bits per heavy atom. The Balaban J connectivity index is 1.92. The summed E-state index contributed by atoms with van der Waals surface area (Å²) in [5.41, 5.74) is -0.135. The molecule has 1 unspecified atom stereocenters. The van der Waals surface area contributed by atoms with Crippen molar-refractivity contribution in [1.82, 2.24) is 9.55 Å². The first-order chi connectivity index (χ1) is 16.5. The molecule has 7 heteroatoms. The van der Waals surface area contributed by atoms with Crippen LogP contribution in [0.3, 0.4) is 0 Å². The van der Waals surface area contributed by atoms with Gasteiger partial charge in [-0.05, 0) is 30.9 Å². The van der Waals surface area contributed by atoms with Crippen molar-refractivity contribution in [1.29, 1.82) is 5.26 Å². The SMILES string of the molecule is CCCCCCCCCC(C#N)(CCCCCCCn1ccnc1Cl)c1ccccc1[N+](=O)[O-]. The molecule has 186 valence electrons. The summed E-state index contributed by atoms with van der Waals surface area (Å²) in [6.45, 7) is 3.07. The van der Waals surface area contributed by atoms with E-state index in [9.17, 15) is 15.4 Å². The zero-order valence-electron chi connectivity index (χ0n) is 20.6. The van der Waals surface area contributed by atoms with Gasteiger partial charge in [-0.2, -0.15) is 5.26 Å². The normalized spacial score (nSPS) is 12.9. The molecular weight excluding hydrogens is 448 g/mol. The molecule has 2 rings (SSSR count). The highest BCUT2D eigenvalue weighted by atomic mass is 35.5. The minimum absolute atomic E-state index is 0.0733. The third-order valence-electron chi connectivity index (χ3n) is 6.70. The molecule has 0 fully saturated rings. The Labute approximate surface area is 209 Å². The number of halogens is 1. The fourth-order valence-corrected chi connectivity index (χ4v) is 4.90. The van der Waals surface area contributed by atoms with E-state index in [1.54, 1.807) is 18.3 Å². The fourth-order valence-electron chi connectivity index (χ4n) is 4.70. The van der Waals surface area contributed by atoms with Gasteiger partial charge < -0.3 is 4.57 Å². The second-order valence-electron chi connectivity index (χ2n) is 9.25. The monoisotopic (exact) mass is 486 g/mol. The molecular formula is C27H39ClN4O2. The van der Waals surface area contributed by atoms with E-state index in [0.717, 1.165) is 51.5 Å². The highest BCUT2D eigenvalue weighted by Gasteiger charge is 2.36. The summed E-state index contributed by atoms with van der Waals surface area (Å²) in [7, 11) is 0. The minimum atomic E-state index is -0.794. The Hall–Kier alpha value is -2.39. The van der Waals surface area contributed by atoms with Crippen LogP contribution in [0.5, 0.6) is 0 Å². The van der Waals surface area contributed by atoms with Crippen LogP contribution in [-0.4, -0.2) is 14.5 Å². The van der Waals surface area contributed by atoms with Crippen LogP contribution in [0.2, 0.25) is 5.28 Å². The molecule has 0 amide bonds. The summed E-state index contributed by atoms with van der Waals surface area (Å²) in [5, 5.41) is 22.5. The van der Waals surface area contributed by atoms with E-state index >= 15 is 0 Å². The van der Waals surface area contributed by atoms with Crippen LogP contribution < -0.4 is 0 Å². The van der Waals surface area contributed by atoms with E-state index in [0.29, 0.717) is 23.7 Å². The van der Waals surface area contributed by atoms with Gasteiger partial charge in [-0.1, -0.05) is 95.8 Å². The molecule has 0 saturated carbocycles. The van der Waals surface area contributed by atoms with Crippen LogP contribution in [0.4, 0.5) is 5.69 Å². The maximum atomic E-state index is 11.7. The van der Waals surface area contributed by atoms with Gasteiger partial charge >= 0.3 is 0 Å². The first kappa shape index (κ1) is 27.9. The number of nitrogens with zero attached hydrogens (tertiary/aromatic N) is 4. The smallest absolute Gasteiger partial charge is 0.274 e. The fraction of sp³-hybridized carbons (Fsp3) is 0.630. The lowest BCUT2D eigenvalue weighted by Gasteiger charge is -2.27. The molecule has 0 saturated heterocycles. The van der Waals surface area contributed by atoms with Crippen LogP contribution in [0, 0.1) is 21.4 Å². The molecule has 0 aliphatic heterocycles. The van der Waals surface area contributed by atoms with Gasteiger partial charge in [0.1, 0.15) is 0 Å². The number of nitro benzene ring substituents is 1. The molecule has 0 aliphatic carbocycles. The van der Waals surface area contributed by atoms with Crippen molar-refractivity contribution < 1.29 is 4.92 Å². The number of para-hydroxylation sites is 1. The Kier molecular flexibility index (Phi) is 12.7. The molecule has 1 aromatic carbocycles. The summed E-state index contributed by atoms with van der Waals surface area (Å²) < 4.78 is 1.94. The molecule has 6 nitrogen and oxygen atoms in total. The Bertz CT molecular complexity index is 908. The number of hydrogen-bond donors (Lipinski definition) is 0. The van der Waals surface area contributed by atoms with Gasteiger partial charge in [0.15, 0.2) is 0 Å². The first-order valence-corrected chi connectivity index (χ1v) is 13.2. The lowest BCUT2D eigenvalue weighted by Crippen LogP contribution is -2.25. The van der Waals surface area contributed by atoms with Crippen molar-refractivity contribution in [2.45, 2.75) is 109 Å². The van der Waals surface area contributed by atoms with E-state index in [4.69, 9.17) is 11.6 Å². The molecule has 1 aromatic heterocycles. The molecule has 0 spiro atoms. The average Bonchev–Trinajstić information content (AvgIpc) is 3.26. The van der Waals surface area contributed by atoms with Gasteiger partial charge in [0.2, 0.25) is 5.28 Å². The van der Waals surface area contributed by atoms with Gasteiger partial charge in [0.25, 0.3) is 5.69 Å². The van der Waals surface area contributed by atoms with Crippen molar-refractivity contribution in [2.24, 2.45) is 0 Å². The predicted molar refractivity (Wildman–Crippen MR) is 138 cm³/mol. The molecule has 34 heavy (non-hydrogen) atoms. The Morgan fingerprint density at radius 2 is 1.59 bits per heavy atom. The molecule has 2 aromatic rings. The quantitative estimate of drug-likeness (QED) is 0.120. The number of unbranched alkanes of at least 4 members (excludes halogenated alkanes) is 10. The maximum absolute atomic E-state index is 11.7. The molecule has 1 atom stereocenters. The van der Waals surface area contributed by atoms with E-state index in [2.05, 4.69) is 18.0 Å². The standard InChI is InChI=1S/C27H39ClN4O2/c1-2-3-4-5-6-8-13-18-27(23-29,24-16-11-12-17-25(24)32(33)34)19-14-9-7-10-15-21-31-22-20-30-26(31)28/h11-12,16-17,20,22H,2-10,13-15,18-19,21H2,1H3. The molecule has 0 aliphatic rings. The van der Waals surface area contributed by atoms with Gasteiger partial charge in [-0.25, -0.2) is 4.98 Å². The number of rotatable bonds is 18. The zero-order chi connectivity index (χ0) is 24.7. The second-order valence-corrected chi connectivity index (χ2v) is 9.58. The van der Waals surface area contributed by atoms with Crippen molar-refractivity contribution in [2.75, 3.05) is 0 Å². The first-order valence-electron chi connectivity index (χ1n) is 12.9. The van der Waals surface area contributed by atoms with Gasteiger partial charge in [-0.3, -0.25) is 10.1 Å². The van der Waals surface area contributed by atoms with Gasteiger partial charge in [-0.15, -0.1) is 0 Å². The van der Waals surface area contributed by atoms with E-state index in [1.165, 1.54) is 38.2 Å². The average molecular weight is 487 g/mol. The van der Waals surface area contributed by atoms with Crippen LogP contribution >= 0.6 is 11.6 Å². The van der Waals surface area contributed by atoms with Crippen LogP contribution in [0.25, 0.3) is 0 Å². The minimum Gasteiger partial charge on any atom is -0.322 e. The largest absolute Gasteiger partial charge is 0.322 e. The van der Waals surface area contributed by atoms with Crippen LogP contribution in [0.15, 0.2) is 36.7 Å². The topological polar surface area (TPSA) is 84.8 Å². The number of benzene rings is 1. The van der Waals surface area contributed by atoms with Crippen molar-refractivity contribution >= 4 is 17.3 Å². The number of aryl methyl sites for hydroxylation is 1. The molecule has 1 heterocycles. The summed E-state index contributed by atoms with van der Waals surface area (Å²) in [6.07, 6.45) is 18.2. The van der Waals surface area contributed by atoms with E-state index in [1.807, 2.05) is 16.8 Å². The lowest BCUT2D eigenvalue weighted by atomic mass is 9.73. The third kappa shape index (κ3) is 8.76. The Morgan fingerprint density at radius 1 is 1.00 bits per heavy atom. The highest BCUT2D eigenvalue weighted by molar-refractivity contribution is 6.28. The van der Waals surface area contributed by atoms with Crippen LogP contribution in [-0.2, 0) is 12.0 Å². The summed E-state index contributed by atoms with van der Waals surface area (Å²) >= 11 is 6.02. The number of imidazole rings is 1. The van der Waals surface area contributed by atoms with Crippen molar-refractivity contribution in [3.05, 3.63) is 57.6 Å². The van der Waals surface area contributed by atoms with E-state index < -0.39 is 5.41 Å². The summed E-state index contributed by atoms with van der Waals surface area (Å²) in [6, 6.07) is 9.36. The third-order valence-corrected chi connectivity index (χ3v) is 7.02. The highest BCUT2D eigenvalue weighted by Crippen LogP contribution is 2.40. The lowest BCUT2D eigenvalue weighted by molar-refractivity contribution is -0.386.